The summed E-state index contributed by atoms with van der Waals surface area (Å²) in [5.41, 5.74) is 0. The van der Waals surface area contributed by atoms with Crippen molar-refractivity contribution in [2.45, 2.75) is 11.2 Å². The van der Waals surface area contributed by atoms with Crippen LogP contribution in [0.5, 0.6) is 0 Å². The van der Waals surface area contributed by atoms with Crippen molar-refractivity contribution in [2.75, 3.05) is 11.5 Å². The summed E-state index contributed by atoms with van der Waals surface area (Å²) in [7, 11) is -2.93. The molecule has 1 aliphatic heterocycles. The molecule has 0 aromatic rings. The topological polar surface area (TPSA) is 51.2 Å². The predicted octanol–water partition coefficient (Wildman–Crippen LogP) is 0.138. The van der Waals surface area contributed by atoms with Crippen LogP contribution in [0.25, 0.3) is 0 Å². The summed E-state index contributed by atoms with van der Waals surface area (Å²) in [5.74, 6) is -0.0189. The first-order chi connectivity index (χ1) is 4.51. The normalized spacial score (nSPS) is 32.1. The molecule has 0 radical (unpaired) electrons. The van der Waals surface area contributed by atoms with E-state index in [0.717, 1.165) is 0 Å². The van der Waals surface area contributed by atoms with Gasteiger partial charge in [0.2, 0.25) is 0 Å². The Labute approximate surface area is 67.8 Å². The quantitative estimate of drug-likeness (QED) is 0.553. The molecule has 0 unspecified atom stereocenters. The monoisotopic (exact) mass is 226 g/mol. The lowest BCUT2D eigenvalue weighted by Gasteiger charge is -2.14. The van der Waals surface area contributed by atoms with E-state index >= 15 is 0 Å². The van der Waals surface area contributed by atoms with Crippen molar-refractivity contribution in [3.63, 3.8) is 0 Å². The van der Waals surface area contributed by atoms with Gasteiger partial charge in [-0.15, -0.1) is 0 Å². The molecule has 1 fully saturated rings. The first-order valence-corrected chi connectivity index (χ1v) is 5.62. The third-order valence-electron chi connectivity index (χ3n) is 1.41. The maximum absolute atomic E-state index is 10.8. The number of ketones is 1. The van der Waals surface area contributed by atoms with Crippen LogP contribution in [0.1, 0.15) is 6.42 Å². The second kappa shape index (κ2) is 2.62. The van der Waals surface area contributed by atoms with Gasteiger partial charge in [0.15, 0.2) is 9.84 Å². The second-order valence-electron chi connectivity index (χ2n) is 2.30. The van der Waals surface area contributed by atoms with Crippen molar-refractivity contribution in [3.05, 3.63) is 0 Å². The van der Waals surface area contributed by atoms with E-state index in [0.29, 0.717) is 0 Å². The van der Waals surface area contributed by atoms with Crippen LogP contribution >= 0.6 is 15.9 Å². The highest BCUT2D eigenvalue weighted by atomic mass is 79.9. The van der Waals surface area contributed by atoms with E-state index in [4.69, 9.17) is 0 Å². The fraction of sp³-hybridized carbons (Fsp3) is 0.800. The zero-order valence-corrected chi connectivity index (χ0v) is 7.61. The molecule has 1 saturated heterocycles. The molecule has 0 aromatic heterocycles. The fourth-order valence-electron chi connectivity index (χ4n) is 0.812. The molecule has 0 spiro atoms. The lowest BCUT2D eigenvalue weighted by atomic mass is 10.2. The van der Waals surface area contributed by atoms with Gasteiger partial charge < -0.3 is 0 Å². The Hall–Kier alpha value is 0.1000. The number of Topliss-reactive ketones (excluding diaryl/α,β-unsaturated/α-hetero) is 1. The van der Waals surface area contributed by atoms with E-state index in [2.05, 4.69) is 15.9 Å². The lowest BCUT2D eigenvalue weighted by Crippen LogP contribution is -2.33. The van der Waals surface area contributed by atoms with E-state index in [-0.39, 0.29) is 23.7 Å². The zero-order valence-electron chi connectivity index (χ0n) is 5.21. The number of halogens is 1. The third kappa shape index (κ3) is 1.79. The zero-order chi connectivity index (χ0) is 7.78. The number of carbonyl (C=O) groups is 1. The minimum Gasteiger partial charge on any atom is -0.298 e. The van der Waals surface area contributed by atoms with Crippen molar-refractivity contribution < 1.29 is 13.2 Å². The van der Waals surface area contributed by atoms with E-state index in [1.807, 2.05) is 0 Å². The molecule has 58 valence electrons. The molecule has 3 nitrogen and oxygen atoms in total. The lowest BCUT2D eigenvalue weighted by molar-refractivity contribution is -0.117. The van der Waals surface area contributed by atoms with Crippen LogP contribution in [0.3, 0.4) is 0 Å². The molecule has 1 rings (SSSR count). The summed E-state index contributed by atoms with van der Waals surface area (Å²) in [4.78, 5) is 10.3. The summed E-state index contributed by atoms with van der Waals surface area (Å²) in [6, 6.07) is 0. The van der Waals surface area contributed by atoms with Gasteiger partial charge in [0, 0.05) is 6.42 Å². The molecular formula is C5H7BrO3S. The number of hydrogen-bond acceptors (Lipinski definition) is 3. The van der Waals surface area contributed by atoms with Gasteiger partial charge in [-0.2, -0.15) is 0 Å². The highest BCUT2D eigenvalue weighted by Gasteiger charge is 2.29. The van der Waals surface area contributed by atoms with E-state index in [1.54, 1.807) is 0 Å². The van der Waals surface area contributed by atoms with Gasteiger partial charge in [-0.25, -0.2) is 8.42 Å². The summed E-state index contributed by atoms with van der Waals surface area (Å²) in [6.07, 6.45) is 0.165. The summed E-state index contributed by atoms with van der Waals surface area (Å²) < 4.78 is 21.6. The van der Waals surface area contributed by atoms with Crippen molar-refractivity contribution in [1.82, 2.24) is 0 Å². The molecule has 0 aliphatic carbocycles. The van der Waals surface area contributed by atoms with Gasteiger partial charge in [-0.05, 0) is 0 Å². The van der Waals surface area contributed by atoms with E-state index in [9.17, 15) is 13.2 Å². The molecule has 0 N–H and O–H groups in total. The summed E-state index contributed by atoms with van der Waals surface area (Å²) >= 11 is 3.00. The van der Waals surface area contributed by atoms with Crippen LogP contribution in [-0.2, 0) is 14.6 Å². The molecular weight excluding hydrogens is 220 g/mol. The predicted molar refractivity (Wildman–Crippen MR) is 41.0 cm³/mol. The Kier molecular flexibility index (Phi) is 2.15. The first-order valence-electron chi connectivity index (χ1n) is 2.88. The fourth-order valence-corrected chi connectivity index (χ4v) is 3.56. The molecule has 0 bridgehead atoms. The standard InChI is InChI=1S/C5H7BrO3S/c6-4-3-10(8,9)2-1-5(4)7/h4H,1-3H2/t4-/m1/s1. The number of hydrogen-bond donors (Lipinski definition) is 0. The van der Waals surface area contributed by atoms with Crippen LogP contribution in [0, 0.1) is 0 Å². The minimum atomic E-state index is -2.93. The molecule has 1 atom stereocenters. The smallest absolute Gasteiger partial charge is 0.152 e. The Morgan fingerprint density at radius 3 is 2.50 bits per heavy atom. The first kappa shape index (κ1) is 8.20. The SMILES string of the molecule is O=C1CCS(=O)(=O)C[C@H]1Br. The molecule has 1 heterocycles. The van der Waals surface area contributed by atoms with Crippen LogP contribution in [0.15, 0.2) is 0 Å². The van der Waals surface area contributed by atoms with Crippen LogP contribution in [-0.4, -0.2) is 30.5 Å². The molecule has 1 aliphatic rings. The largest absolute Gasteiger partial charge is 0.298 e. The van der Waals surface area contributed by atoms with E-state index in [1.165, 1.54) is 0 Å². The van der Waals surface area contributed by atoms with Gasteiger partial charge >= 0.3 is 0 Å². The van der Waals surface area contributed by atoms with Crippen LogP contribution < -0.4 is 0 Å². The Bertz CT molecular complexity index is 244. The molecule has 0 saturated carbocycles. The second-order valence-corrected chi connectivity index (χ2v) is 5.63. The average molecular weight is 227 g/mol. The van der Waals surface area contributed by atoms with Crippen molar-refractivity contribution in [1.29, 1.82) is 0 Å². The highest BCUT2D eigenvalue weighted by Crippen LogP contribution is 2.14. The Morgan fingerprint density at radius 1 is 1.50 bits per heavy atom. The summed E-state index contributed by atoms with van der Waals surface area (Å²) in [5, 5.41) is 0. The third-order valence-corrected chi connectivity index (χ3v) is 4.34. The molecule has 5 heteroatoms. The van der Waals surface area contributed by atoms with Crippen LogP contribution in [0.4, 0.5) is 0 Å². The molecule has 10 heavy (non-hydrogen) atoms. The highest BCUT2D eigenvalue weighted by molar-refractivity contribution is 9.10. The number of alkyl halides is 1. The van der Waals surface area contributed by atoms with Crippen molar-refractivity contribution in [2.24, 2.45) is 0 Å². The number of sulfone groups is 1. The van der Waals surface area contributed by atoms with E-state index < -0.39 is 14.7 Å². The van der Waals surface area contributed by atoms with Gasteiger partial charge in [0.05, 0.1) is 16.3 Å². The average Bonchev–Trinajstić information content (AvgIpc) is 1.79. The van der Waals surface area contributed by atoms with Crippen molar-refractivity contribution >= 4 is 31.6 Å². The molecule has 0 amide bonds. The van der Waals surface area contributed by atoms with Crippen molar-refractivity contribution in [3.8, 4) is 0 Å². The van der Waals surface area contributed by atoms with Crippen LogP contribution in [0.2, 0.25) is 0 Å². The Morgan fingerprint density at radius 2 is 2.10 bits per heavy atom. The maximum atomic E-state index is 10.8. The van der Waals surface area contributed by atoms with Gasteiger partial charge in [-0.3, -0.25) is 4.79 Å². The van der Waals surface area contributed by atoms with Gasteiger partial charge in [0.25, 0.3) is 0 Å². The summed E-state index contributed by atoms with van der Waals surface area (Å²) in [6.45, 7) is 0. The minimum absolute atomic E-state index is 0.00479. The number of carbonyl (C=O) groups excluding carboxylic acids is 1. The van der Waals surface area contributed by atoms with Gasteiger partial charge in [0.1, 0.15) is 5.78 Å². The molecule has 0 aromatic carbocycles. The maximum Gasteiger partial charge on any atom is 0.152 e. The Balaban J connectivity index is 2.76. The number of rotatable bonds is 0. The van der Waals surface area contributed by atoms with Gasteiger partial charge in [-0.1, -0.05) is 15.9 Å².